The minimum Gasteiger partial charge on any atom is -0.298 e. The number of pyridine rings is 1. The first-order chi connectivity index (χ1) is 9.50. The Kier molecular flexibility index (Phi) is 4.38. The van der Waals surface area contributed by atoms with E-state index in [2.05, 4.69) is 16.8 Å². The van der Waals surface area contributed by atoms with Gasteiger partial charge in [-0.1, -0.05) is 6.92 Å². The number of nitriles is 1. The van der Waals surface area contributed by atoms with Crippen LogP contribution in [0.1, 0.15) is 19.5 Å². The maximum Gasteiger partial charge on any atom is 0.246 e. The Labute approximate surface area is 119 Å². The third-order valence-electron chi connectivity index (χ3n) is 3.63. The molecular formula is C13H18N4O2S. The Morgan fingerprint density at radius 1 is 1.50 bits per heavy atom. The standard InChI is InChI=1S/C13H18N4O2S/c1-3-16-7-8-17(10-11(16)2)20(18,19)13-5-4-6-15-12(13)9-14/h4-6,11H,3,7-8,10H2,1-2H3. The summed E-state index contributed by atoms with van der Waals surface area (Å²) in [4.78, 5) is 6.07. The lowest BCUT2D eigenvalue weighted by Crippen LogP contribution is -2.53. The maximum atomic E-state index is 12.6. The molecule has 7 heteroatoms. The lowest BCUT2D eigenvalue weighted by atomic mass is 10.2. The molecule has 0 saturated carbocycles. The number of aromatic nitrogens is 1. The molecule has 1 aromatic heterocycles. The van der Waals surface area contributed by atoms with E-state index >= 15 is 0 Å². The van der Waals surface area contributed by atoms with Crippen molar-refractivity contribution in [3.8, 4) is 6.07 Å². The highest BCUT2D eigenvalue weighted by Crippen LogP contribution is 2.21. The Hall–Kier alpha value is -1.49. The smallest absolute Gasteiger partial charge is 0.246 e. The van der Waals surface area contributed by atoms with Crippen molar-refractivity contribution < 1.29 is 8.42 Å². The zero-order valence-electron chi connectivity index (χ0n) is 11.7. The summed E-state index contributed by atoms with van der Waals surface area (Å²) in [5.41, 5.74) is -0.0434. The molecule has 2 rings (SSSR count). The van der Waals surface area contributed by atoms with Crippen LogP contribution >= 0.6 is 0 Å². The van der Waals surface area contributed by atoms with Crippen molar-refractivity contribution in [1.29, 1.82) is 5.26 Å². The number of piperazine rings is 1. The van der Waals surface area contributed by atoms with Crippen LogP contribution in [0.3, 0.4) is 0 Å². The number of nitrogens with zero attached hydrogens (tertiary/aromatic N) is 4. The van der Waals surface area contributed by atoms with Crippen LogP contribution in [-0.4, -0.2) is 54.8 Å². The average Bonchev–Trinajstić information content (AvgIpc) is 2.47. The van der Waals surface area contributed by atoms with Crippen LogP contribution in [0.15, 0.2) is 23.2 Å². The van der Waals surface area contributed by atoms with Crippen LogP contribution in [0.2, 0.25) is 0 Å². The summed E-state index contributed by atoms with van der Waals surface area (Å²) in [6.45, 7) is 6.58. The van der Waals surface area contributed by atoms with Gasteiger partial charge in [-0.2, -0.15) is 9.57 Å². The summed E-state index contributed by atoms with van der Waals surface area (Å²) in [5.74, 6) is 0. The van der Waals surface area contributed by atoms with Crippen molar-refractivity contribution >= 4 is 10.0 Å². The largest absolute Gasteiger partial charge is 0.298 e. The summed E-state index contributed by atoms with van der Waals surface area (Å²) in [6, 6.07) is 5.00. The fourth-order valence-corrected chi connectivity index (χ4v) is 4.08. The third kappa shape index (κ3) is 2.68. The molecule has 20 heavy (non-hydrogen) atoms. The highest BCUT2D eigenvalue weighted by atomic mass is 32.2. The monoisotopic (exact) mass is 294 g/mol. The highest BCUT2D eigenvalue weighted by molar-refractivity contribution is 7.89. The molecule has 0 amide bonds. The number of likely N-dealkylation sites (N-methyl/N-ethyl adjacent to an activating group) is 1. The molecule has 6 nitrogen and oxygen atoms in total. The van der Waals surface area contributed by atoms with Crippen LogP contribution in [-0.2, 0) is 10.0 Å². The fraction of sp³-hybridized carbons (Fsp3) is 0.538. The van der Waals surface area contributed by atoms with Gasteiger partial charge in [0.1, 0.15) is 11.0 Å². The van der Waals surface area contributed by atoms with Gasteiger partial charge in [0.25, 0.3) is 0 Å². The minimum atomic E-state index is -3.65. The van der Waals surface area contributed by atoms with E-state index in [4.69, 9.17) is 5.26 Å². The third-order valence-corrected chi connectivity index (χ3v) is 5.53. The number of sulfonamides is 1. The van der Waals surface area contributed by atoms with Crippen LogP contribution in [0.4, 0.5) is 0 Å². The van der Waals surface area contributed by atoms with Crippen molar-refractivity contribution in [2.75, 3.05) is 26.2 Å². The molecule has 0 spiro atoms. The first kappa shape index (κ1) is 14.9. The summed E-state index contributed by atoms with van der Waals surface area (Å²) < 4.78 is 26.7. The normalized spacial score (nSPS) is 21.6. The molecule has 0 N–H and O–H groups in total. The molecule has 108 valence electrons. The van der Waals surface area contributed by atoms with Gasteiger partial charge in [0.15, 0.2) is 5.69 Å². The predicted octanol–water partition coefficient (Wildman–Crippen LogP) is 0.668. The molecular weight excluding hydrogens is 276 g/mol. The molecule has 1 saturated heterocycles. The lowest BCUT2D eigenvalue weighted by molar-refractivity contribution is 0.135. The first-order valence-electron chi connectivity index (χ1n) is 6.60. The van der Waals surface area contributed by atoms with Crippen molar-refractivity contribution in [3.63, 3.8) is 0 Å². The molecule has 0 aromatic carbocycles. The van der Waals surface area contributed by atoms with Gasteiger partial charge in [-0.15, -0.1) is 0 Å². The predicted molar refractivity (Wildman–Crippen MR) is 74.4 cm³/mol. The van der Waals surface area contributed by atoms with E-state index in [9.17, 15) is 8.42 Å². The molecule has 1 atom stereocenters. The number of rotatable bonds is 3. The second-order valence-corrected chi connectivity index (χ2v) is 6.71. The van der Waals surface area contributed by atoms with E-state index in [1.807, 2.05) is 13.0 Å². The highest BCUT2D eigenvalue weighted by Gasteiger charge is 2.33. The van der Waals surface area contributed by atoms with Crippen LogP contribution in [0.25, 0.3) is 0 Å². The summed E-state index contributed by atoms with van der Waals surface area (Å²) >= 11 is 0. The molecule has 1 unspecified atom stereocenters. The lowest BCUT2D eigenvalue weighted by Gasteiger charge is -2.38. The van der Waals surface area contributed by atoms with Crippen molar-refractivity contribution in [1.82, 2.24) is 14.2 Å². The van der Waals surface area contributed by atoms with E-state index in [-0.39, 0.29) is 16.6 Å². The molecule has 1 fully saturated rings. The van der Waals surface area contributed by atoms with Gasteiger partial charge in [-0.3, -0.25) is 4.90 Å². The molecule has 1 aliphatic heterocycles. The van der Waals surface area contributed by atoms with E-state index in [1.54, 1.807) is 6.07 Å². The zero-order valence-corrected chi connectivity index (χ0v) is 12.5. The van der Waals surface area contributed by atoms with Crippen LogP contribution in [0, 0.1) is 11.3 Å². The Bertz CT molecular complexity index is 624. The number of hydrogen-bond donors (Lipinski definition) is 0. The van der Waals surface area contributed by atoms with Gasteiger partial charge in [-0.25, -0.2) is 13.4 Å². The van der Waals surface area contributed by atoms with Crippen LogP contribution in [0.5, 0.6) is 0 Å². The van der Waals surface area contributed by atoms with Crippen molar-refractivity contribution in [3.05, 3.63) is 24.0 Å². The molecule has 1 aromatic rings. The van der Waals surface area contributed by atoms with Crippen LogP contribution < -0.4 is 0 Å². The van der Waals surface area contributed by atoms with Gasteiger partial charge in [0.05, 0.1) is 0 Å². The van der Waals surface area contributed by atoms with E-state index in [1.165, 1.54) is 16.6 Å². The maximum absolute atomic E-state index is 12.6. The summed E-state index contributed by atoms with van der Waals surface area (Å²) in [5, 5.41) is 9.01. The Balaban J connectivity index is 2.30. The van der Waals surface area contributed by atoms with Gasteiger partial charge in [0.2, 0.25) is 10.0 Å². The number of hydrogen-bond acceptors (Lipinski definition) is 5. The minimum absolute atomic E-state index is 0.000325. The second-order valence-electron chi connectivity index (χ2n) is 4.80. The summed E-state index contributed by atoms with van der Waals surface area (Å²) in [6.07, 6.45) is 1.43. The van der Waals surface area contributed by atoms with E-state index in [0.717, 1.165) is 6.54 Å². The molecule has 1 aliphatic rings. The topological polar surface area (TPSA) is 77.3 Å². The average molecular weight is 294 g/mol. The second kappa shape index (κ2) is 5.87. The Morgan fingerprint density at radius 2 is 2.25 bits per heavy atom. The van der Waals surface area contributed by atoms with Gasteiger partial charge < -0.3 is 0 Å². The molecule has 0 bridgehead atoms. The molecule has 2 heterocycles. The molecule has 0 aliphatic carbocycles. The zero-order chi connectivity index (χ0) is 14.8. The van der Waals surface area contributed by atoms with Crippen molar-refractivity contribution in [2.24, 2.45) is 0 Å². The fourth-order valence-electron chi connectivity index (χ4n) is 2.47. The summed E-state index contributed by atoms with van der Waals surface area (Å²) in [7, 11) is -3.65. The van der Waals surface area contributed by atoms with E-state index < -0.39 is 10.0 Å². The van der Waals surface area contributed by atoms with Gasteiger partial charge in [0, 0.05) is 31.9 Å². The SMILES string of the molecule is CCN1CCN(S(=O)(=O)c2cccnc2C#N)CC1C. The van der Waals surface area contributed by atoms with Gasteiger partial charge in [-0.05, 0) is 25.6 Å². The van der Waals surface area contributed by atoms with Gasteiger partial charge >= 0.3 is 0 Å². The van der Waals surface area contributed by atoms with E-state index in [0.29, 0.717) is 19.6 Å². The quantitative estimate of drug-likeness (QED) is 0.819. The van der Waals surface area contributed by atoms with Crippen molar-refractivity contribution in [2.45, 2.75) is 24.8 Å². The Morgan fingerprint density at radius 3 is 2.85 bits per heavy atom. The molecule has 0 radical (unpaired) electrons. The first-order valence-corrected chi connectivity index (χ1v) is 8.04.